The highest BCUT2D eigenvalue weighted by Crippen LogP contribution is 2.41. The molecule has 3 heterocycles. The molecule has 188 valence electrons. The zero-order chi connectivity index (χ0) is 25.8. The Hall–Kier alpha value is -3.27. The molecule has 2 aromatic carbocycles. The van der Waals surface area contributed by atoms with E-state index in [0.29, 0.717) is 5.92 Å². The van der Waals surface area contributed by atoms with Gasteiger partial charge in [-0.05, 0) is 54.0 Å². The molecular formula is C26H26ClN3O5S. The molecule has 8 nitrogen and oxygen atoms in total. The van der Waals surface area contributed by atoms with Crippen LogP contribution in [-0.2, 0) is 14.4 Å². The van der Waals surface area contributed by atoms with Crippen LogP contribution in [0.2, 0.25) is 5.02 Å². The number of carbonyl (C=O) groups excluding carboxylic acids is 1. The van der Waals surface area contributed by atoms with Gasteiger partial charge in [0.15, 0.2) is 0 Å². The van der Waals surface area contributed by atoms with Gasteiger partial charge in [0.2, 0.25) is 5.91 Å². The number of carboxylic acids is 2. The predicted molar refractivity (Wildman–Crippen MR) is 142 cm³/mol. The summed E-state index contributed by atoms with van der Waals surface area (Å²) < 4.78 is 0. The number of H-pyrrole nitrogens is 1. The lowest BCUT2D eigenvalue weighted by Crippen LogP contribution is -2.32. The van der Waals surface area contributed by atoms with E-state index in [0.717, 1.165) is 48.0 Å². The Balaban J connectivity index is 0.000000455. The average molecular weight is 528 g/mol. The first-order chi connectivity index (χ1) is 17.2. The van der Waals surface area contributed by atoms with Gasteiger partial charge in [0.05, 0.1) is 0 Å². The Morgan fingerprint density at radius 2 is 1.94 bits per heavy atom. The van der Waals surface area contributed by atoms with Gasteiger partial charge in [0.25, 0.3) is 0 Å². The summed E-state index contributed by atoms with van der Waals surface area (Å²) in [6, 6.07) is 12.3. The second-order valence-electron chi connectivity index (χ2n) is 8.68. The van der Waals surface area contributed by atoms with Crippen molar-refractivity contribution in [3.63, 3.8) is 0 Å². The molecule has 0 radical (unpaired) electrons. The zero-order valence-electron chi connectivity index (χ0n) is 19.6. The van der Waals surface area contributed by atoms with Crippen molar-refractivity contribution >= 4 is 63.4 Å². The summed E-state index contributed by atoms with van der Waals surface area (Å²) in [5.41, 5.74) is 6.06. The van der Waals surface area contributed by atoms with Gasteiger partial charge in [-0.15, -0.1) is 11.8 Å². The zero-order valence-corrected chi connectivity index (χ0v) is 21.2. The van der Waals surface area contributed by atoms with Crippen molar-refractivity contribution in [3.05, 3.63) is 64.8 Å². The third kappa shape index (κ3) is 6.10. The second-order valence-corrected chi connectivity index (χ2v) is 10.2. The molecule has 0 saturated heterocycles. The first-order valence-corrected chi connectivity index (χ1v) is 12.8. The number of carbonyl (C=O) groups is 3. The van der Waals surface area contributed by atoms with Crippen LogP contribution < -0.4 is 5.32 Å². The average Bonchev–Trinajstić information content (AvgIpc) is 3.43. The van der Waals surface area contributed by atoms with E-state index in [1.807, 2.05) is 30.0 Å². The van der Waals surface area contributed by atoms with Crippen LogP contribution in [-0.4, -0.2) is 63.3 Å². The quantitative estimate of drug-likeness (QED) is 0.355. The highest BCUT2D eigenvalue weighted by molar-refractivity contribution is 7.99. The van der Waals surface area contributed by atoms with E-state index in [-0.39, 0.29) is 5.91 Å². The van der Waals surface area contributed by atoms with Gasteiger partial charge >= 0.3 is 11.9 Å². The van der Waals surface area contributed by atoms with Crippen LogP contribution >= 0.6 is 23.4 Å². The molecule has 4 N–H and O–H groups in total. The lowest BCUT2D eigenvalue weighted by molar-refractivity contribution is -0.159. The van der Waals surface area contributed by atoms with Gasteiger partial charge in [-0.1, -0.05) is 17.7 Å². The number of anilines is 1. The van der Waals surface area contributed by atoms with Crippen LogP contribution in [0.15, 0.2) is 53.6 Å². The molecule has 1 aromatic heterocycles. The minimum atomic E-state index is -1.82. The molecule has 5 rings (SSSR count). The summed E-state index contributed by atoms with van der Waals surface area (Å²) in [4.78, 5) is 36.8. The number of rotatable bonds is 4. The largest absolute Gasteiger partial charge is 0.473 e. The molecule has 0 bridgehead atoms. The molecule has 1 unspecified atom stereocenters. The van der Waals surface area contributed by atoms with Crippen molar-refractivity contribution in [1.29, 1.82) is 0 Å². The number of hydrogen-bond donors (Lipinski definition) is 4. The lowest BCUT2D eigenvalue weighted by Gasteiger charge is -2.29. The summed E-state index contributed by atoms with van der Waals surface area (Å²) in [6.45, 7) is 4.62. The van der Waals surface area contributed by atoms with E-state index in [1.54, 1.807) is 6.92 Å². The van der Waals surface area contributed by atoms with E-state index in [9.17, 15) is 4.79 Å². The van der Waals surface area contributed by atoms with Crippen molar-refractivity contribution in [3.8, 4) is 0 Å². The number of nitrogens with one attached hydrogen (secondary N) is 2. The molecule has 3 aromatic rings. The minimum Gasteiger partial charge on any atom is -0.473 e. The van der Waals surface area contributed by atoms with Crippen LogP contribution in [0.5, 0.6) is 0 Å². The summed E-state index contributed by atoms with van der Waals surface area (Å²) in [5.74, 6) is -2.07. The molecule has 0 spiro atoms. The number of benzene rings is 2. The van der Waals surface area contributed by atoms with Crippen LogP contribution in [0.4, 0.5) is 5.69 Å². The summed E-state index contributed by atoms with van der Waals surface area (Å²) >= 11 is 8.14. The van der Waals surface area contributed by atoms with Crippen molar-refractivity contribution < 1.29 is 24.6 Å². The maximum atomic E-state index is 11.4. The highest BCUT2D eigenvalue weighted by Gasteiger charge is 2.26. The van der Waals surface area contributed by atoms with Gasteiger partial charge < -0.3 is 20.5 Å². The van der Waals surface area contributed by atoms with Crippen LogP contribution in [0.25, 0.3) is 16.5 Å². The Morgan fingerprint density at radius 3 is 2.61 bits per heavy atom. The number of carboxylic acid groups (broad SMARTS) is 2. The number of aromatic nitrogens is 1. The Bertz CT molecular complexity index is 1340. The summed E-state index contributed by atoms with van der Waals surface area (Å²) in [6.07, 6.45) is 5.51. The smallest absolute Gasteiger partial charge is 0.414 e. The topological polar surface area (TPSA) is 123 Å². The Morgan fingerprint density at radius 1 is 1.17 bits per heavy atom. The molecule has 36 heavy (non-hydrogen) atoms. The van der Waals surface area contributed by atoms with Crippen LogP contribution in [0, 0.1) is 0 Å². The first-order valence-electron chi connectivity index (χ1n) is 11.4. The number of thioether (sulfide) groups is 1. The SMILES string of the molecule is CC(=O)Nc1ccc2c(c1)C(CN1CC=C(c3c[nH]c4ccc(Cl)cc34)CC1)CS2.O=C(O)C(=O)O. The standard InChI is InChI=1S/C24H24ClN3OS.C2H2O4/c1-15(29)27-19-3-5-24-20(11-19)17(14-30-24)13-28-8-6-16(7-9-28)22-12-26-23-4-2-18(25)10-21(22)23;3-1(4)2(5)6/h2-6,10-12,17,26H,7-9,13-14H2,1H3,(H,27,29);(H,3,4)(H,5,6). The molecule has 0 aliphatic carbocycles. The molecule has 1 amide bonds. The van der Waals surface area contributed by atoms with Crippen molar-refractivity contribution in [2.45, 2.75) is 24.2 Å². The van der Waals surface area contributed by atoms with E-state index in [2.05, 4.69) is 45.7 Å². The highest BCUT2D eigenvalue weighted by atomic mass is 35.5. The number of amides is 1. The summed E-state index contributed by atoms with van der Waals surface area (Å²) in [5, 5.41) is 19.7. The molecule has 0 saturated carbocycles. The summed E-state index contributed by atoms with van der Waals surface area (Å²) in [7, 11) is 0. The van der Waals surface area contributed by atoms with Crippen molar-refractivity contribution in [2.75, 3.05) is 30.7 Å². The fraction of sp³-hybridized carbons (Fsp3) is 0.269. The Labute approximate surface area is 217 Å². The Kier molecular flexibility index (Phi) is 8.03. The predicted octanol–water partition coefficient (Wildman–Crippen LogP) is 4.91. The monoisotopic (exact) mass is 527 g/mol. The lowest BCUT2D eigenvalue weighted by atomic mass is 9.96. The number of fused-ring (bicyclic) bond motifs is 2. The van der Waals surface area contributed by atoms with Crippen LogP contribution in [0.3, 0.4) is 0 Å². The third-order valence-corrected chi connectivity index (χ3v) is 7.64. The third-order valence-electron chi connectivity index (χ3n) is 6.15. The molecular weight excluding hydrogens is 502 g/mol. The van der Waals surface area contributed by atoms with Gasteiger partial charge in [-0.2, -0.15) is 0 Å². The molecule has 10 heteroatoms. The van der Waals surface area contributed by atoms with Gasteiger partial charge in [0, 0.05) is 76.5 Å². The molecule has 1 atom stereocenters. The number of nitrogens with zero attached hydrogens (tertiary/aromatic N) is 1. The molecule has 2 aliphatic heterocycles. The number of aromatic amines is 1. The normalized spacial score (nSPS) is 17.1. The molecule has 2 aliphatic rings. The minimum absolute atomic E-state index is 0.0237. The maximum Gasteiger partial charge on any atom is 0.414 e. The number of aliphatic carboxylic acids is 2. The van der Waals surface area contributed by atoms with Crippen molar-refractivity contribution in [2.24, 2.45) is 0 Å². The number of hydrogen-bond acceptors (Lipinski definition) is 5. The second kappa shape index (κ2) is 11.2. The first kappa shape index (κ1) is 25.8. The number of halogens is 1. The van der Waals surface area contributed by atoms with Gasteiger partial charge in [-0.25, -0.2) is 9.59 Å². The molecule has 0 fully saturated rings. The van der Waals surface area contributed by atoms with Crippen molar-refractivity contribution in [1.82, 2.24) is 9.88 Å². The van der Waals surface area contributed by atoms with E-state index in [4.69, 9.17) is 31.4 Å². The van der Waals surface area contributed by atoms with Gasteiger partial charge in [0.1, 0.15) is 0 Å². The van der Waals surface area contributed by atoms with E-state index in [1.165, 1.54) is 27.0 Å². The van der Waals surface area contributed by atoms with E-state index < -0.39 is 11.9 Å². The van der Waals surface area contributed by atoms with Gasteiger partial charge in [-0.3, -0.25) is 9.69 Å². The van der Waals surface area contributed by atoms with E-state index >= 15 is 0 Å². The fourth-order valence-corrected chi connectivity index (χ4v) is 5.90. The fourth-order valence-electron chi connectivity index (χ4n) is 4.50. The van der Waals surface area contributed by atoms with Crippen LogP contribution in [0.1, 0.15) is 30.4 Å². The maximum absolute atomic E-state index is 11.4.